The van der Waals surface area contributed by atoms with Crippen LogP contribution in [0.4, 0.5) is 0 Å². The third kappa shape index (κ3) is 3.34. The molecule has 144 valence electrons. The maximum atomic E-state index is 13.3. The van der Waals surface area contributed by atoms with Gasteiger partial charge in [-0.3, -0.25) is 4.57 Å². The average molecular weight is 400 g/mol. The predicted molar refractivity (Wildman–Crippen MR) is 117 cm³/mol. The van der Waals surface area contributed by atoms with E-state index in [-0.39, 0.29) is 0 Å². The van der Waals surface area contributed by atoms with E-state index in [1.807, 2.05) is 91.0 Å². The molecule has 0 aliphatic rings. The molecule has 0 amide bonds. The molecule has 0 bridgehead atoms. The van der Waals surface area contributed by atoms with Crippen LogP contribution >= 0.6 is 7.60 Å². The summed E-state index contributed by atoms with van der Waals surface area (Å²) < 4.78 is 13.3. The van der Waals surface area contributed by atoms with Crippen LogP contribution in [0.2, 0.25) is 0 Å². The van der Waals surface area contributed by atoms with Gasteiger partial charge in [0.25, 0.3) is 0 Å². The minimum absolute atomic E-state index is 0.558. The standard InChI is InChI=1S/C25H21O3P/c26-29(27,28)25(21-14-6-2-7-15-21,22-16-8-3-9-17-22)24-19-11-10-18-23(24)20-12-4-1-5-13-20/h1-19H,(H2,26,27,28). The van der Waals surface area contributed by atoms with Crippen molar-refractivity contribution in [3.05, 3.63) is 132 Å². The zero-order valence-electron chi connectivity index (χ0n) is 15.7. The molecule has 0 spiro atoms. The highest BCUT2D eigenvalue weighted by molar-refractivity contribution is 7.53. The number of hydrogen-bond donors (Lipinski definition) is 2. The summed E-state index contributed by atoms with van der Waals surface area (Å²) in [7, 11) is -4.72. The van der Waals surface area contributed by atoms with Gasteiger partial charge in [0.15, 0.2) is 0 Å². The molecule has 29 heavy (non-hydrogen) atoms. The Balaban J connectivity index is 2.16. The van der Waals surface area contributed by atoms with Crippen molar-refractivity contribution < 1.29 is 14.4 Å². The summed E-state index contributed by atoms with van der Waals surface area (Å²) in [6.45, 7) is 0. The second-order valence-electron chi connectivity index (χ2n) is 6.90. The first kappa shape index (κ1) is 19.4. The Kier molecular flexibility index (Phi) is 5.21. The molecule has 2 N–H and O–H groups in total. The maximum absolute atomic E-state index is 13.3. The van der Waals surface area contributed by atoms with E-state index < -0.39 is 12.8 Å². The minimum atomic E-state index is -4.72. The third-order valence-electron chi connectivity index (χ3n) is 5.22. The van der Waals surface area contributed by atoms with Crippen LogP contribution in [0.3, 0.4) is 0 Å². The van der Waals surface area contributed by atoms with E-state index in [4.69, 9.17) is 0 Å². The molecular weight excluding hydrogens is 379 g/mol. The molecule has 4 aromatic carbocycles. The molecule has 3 nitrogen and oxygen atoms in total. The van der Waals surface area contributed by atoms with Gasteiger partial charge in [-0.2, -0.15) is 0 Å². The van der Waals surface area contributed by atoms with Gasteiger partial charge in [0, 0.05) is 0 Å². The lowest BCUT2D eigenvalue weighted by Gasteiger charge is -2.37. The minimum Gasteiger partial charge on any atom is -0.323 e. The molecule has 4 aromatic rings. The summed E-state index contributed by atoms with van der Waals surface area (Å²) in [5.74, 6) is 0. The van der Waals surface area contributed by atoms with Gasteiger partial charge >= 0.3 is 7.60 Å². The molecule has 4 rings (SSSR count). The Morgan fingerprint density at radius 3 is 1.45 bits per heavy atom. The largest absolute Gasteiger partial charge is 0.344 e. The van der Waals surface area contributed by atoms with Crippen molar-refractivity contribution in [3.8, 4) is 11.1 Å². The van der Waals surface area contributed by atoms with Gasteiger partial charge in [0.05, 0.1) is 0 Å². The lowest BCUT2D eigenvalue weighted by atomic mass is 9.80. The highest BCUT2D eigenvalue weighted by atomic mass is 31.2. The number of rotatable bonds is 5. The molecule has 0 saturated heterocycles. The highest BCUT2D eigenvalue weighted by Gasteiger charge is 2.52. The van der Waals surface area contributed by atoms with Crippen molar-refractivity contribution in [2.75, 3.05) is 0 Å². The zero-order valence-corrected chi connectivity index (χ0v) is 16.6. The lowest BCUT2D eigenvalue weighted by Crippen LogP contribution is -2.30. The maximum Gasteiger partial charge on any atom is 0.344 e. The van der Waals surface area contributed by atoms with E-state index in [1.54, 1.807) is 24.3 Å². The number of benzene rings is 4. The van der Waals surface area contributed by atoms with Crippen molar-refractivity contribution in [2.45, 2.75) is 5.16 Å². The van der Waals surface area contributed by atoms with E-state index in [0.29, 0.717) is 16.7 Å². The lowest BCUT2D eigenvalue weighted by molar-refractivity contribution is 0.349. The van der Waals surface area contributed by atoms with Crippen molar-refractivity contribution in [2.24, 2.45) is 0 Å². The Morgan fingerprint density at radius 1 is 0.552 bits per heavy atom. The second-order valence-corrected chi connectivity index (χ2v) is 8.66. The smallest absolute Gasteiger partial charge is 0.323 e. The highest BCUT2D eigenvalue weighted by Crippen LogP contribution is 2.65. The van der Waals surface area contributed by atoms with E-state index in [1.165, 1.54) is 0 Å². The van der Waals surface area contributed by atoms with E-state index in [2.05, 4.69) is 0 Å². The van der Waals surface area contributed by atoms with Crippen molar-refractivity contribution in [1.82, 2.24) is 0 Å². The summed E-state index contributed by atoms with van der Waals surface area (Å²) in [5, 5.41) is -1.62. The van der Waals surface area contributed by atoms with Crippen molar-refractivity contribution in [3.63, 3.8) is 0 Å². The fourth-order valence-corrected chi connectivity index (χ4v) is 5.48. The van der Waals surface area contributed by atoms with Gasteiger partial charge in [-0.1, -0.05) is 115 Å². The SMILES string of the molecule is O=P(O)(O)C(c1ccccc1)(c1ccccc1)c1ccccc1-c1ccccc1. The Labute approximate surface area is 170 Å². The van der Waals surface area contributed by atoms with Crippen molar-refractivity contribution in [1.29, 1.82) is 0 Å². The van der Waals surface area contributed by atoms with Gasteiger partial charge in [0.2, 0.25) is 0 Å². The van der Waals surface area contributed by atoms with E-state index in [9.17, 15) is 14.4 Å². The van der Waals surface area contributed by atoms with Crippen LogP contribution < -0.4 is 0 Å². The van der Waals surface area contributed by atoms with Crippen LogP contribution in [0.25, 0.3) is 11.1 Å². The van der Waals surface area contributed by atoms with Crippen LogP contribution in [0.15, 0.2) is 115 Å². The molecule has 0 saturated carbocycles. The molecule has 0 unspecified atom stereocenters. The normalized spacial score (nSPS) is 11.9. The molecule has 0 aromatic heterocycles. The quantitative estimate of drug-likeness (QED) is 0.328. The molecule has 0 aliphatic carbocycles. The van der Waals surface area contributed by atoms with Gasteiger partial charge in [-0.25, -0.2) is 0 Å². The summed E-state index contributed by atoms with van der Waals surface area (Å²) in [6.07, 6.45) is 0. The van der Waals surface area contributed by atoms with E-state index in [0.717, 1.165) is 11.1 Å². The van der Waals surface area contributed by atoms with Crippen LogP contribution in [-0.2, 0) is 9.72 Å². The first-order chi connectivity index (χ1) is 14.0. The van der Waals surface area contributed by atoms with Crippen LogP contribution in [0.5, 0.6) is 0 Å². The van der Waals surface area contributed by atoms with Gasteiger partial charge in [0.1, 0.15) is 5.16 Å². The Bertz CT molecular complexity index is 1100. The van der Waals surface area contributed by atoms with Gasteiger partial charge in [-0.05, 0) is 27.8 Å². The molecule has 0 heterocycles. The molecule has 0 atom stereocenters. The van der Waals surface area contributed by atoms with Gasteiger partial charge in [-0.15, -0.1) is 0 Å². The summed E-state index contributed by atoms with van der Waals surface area (Å²) in [4.78, 5) is 21.7. The summed E-state index contributed by atoms with van der Waals surface area (Å²) in [5.41, 5.74) is 3.40. The molecule has 0 fully saturated rings. The molecule has 4 heteroatoms. The number of hydrogen-bond acceptors (Lipinski definition) is 1. The Morgan fingerprint density at radius 2 is 0.966 bits per heavy atom. The fraction of sp³-hybridized carbons (Fsp3) is 0.0400. The monoisotopic (exact) mass is 400 g/mol. The first-order valence-electron chi connectivity index (χ1n) is 9.37. The average Bonchev–Trinajstić information content (AvgIpc) is 2.76. The molecule has 0 aliphatic heterocycles. The van der Waals surface area contributed by atoms with Crippen molar-refractivity contribution >= 4 is 7.60 Å². The summed E-state index contributed by atoms with van der Waals surface area (Å²) in [6, 6.07) is 35.3. The first-order valence-corrected chi connectivity index (χ1v) is 11.0. The van der Waals surface area contributed by atoms with Crippen LogP contribution in [0.1, 0.15) is 16.7 Å². The van der Waals surface area contributed by atoms with Gasteiger partial charge < -0.3 is 9.79 Å². The third-order valence-corrected chi connectivity index (χ3v) is 6.85. The van der Waals surface area contributed by atoms with Crippen LogP contribution in [0, 0.1) is 0 Å². The zero-order chi connectivity index (χ0) is 20.3. The summed E-state index contributed by atoms with van der Waals surface area (Å²) >= 11 is 0. The Hall–Kier alpha value is -2.97. The van der Waals surface area contributed by atoms with Crippen LogP contribution in [-0.4, -0.2) is 9.79 Å². The van der Waals surface area contributed by atoms with E-state index >= 15 is 0 Å². The molecular formula is C25H21O3P. The topological polar surface area (TPSA) is 57.5 Å². The molecule has 0 radical (unpaired) electrons. The predicted octanol–water partition coefficient (Wildman–Crippen LogP) is 5.82. The second kappa shape index (κ2) is 7.81. The fourth-order valence-electron chi connectivity index (χ4n) is 4.00.